The minimum absolute atomic E-state index is 0.0113. The van der Waals surface area contributed by atoms with Crippen LogP contribution >= 0.6 is 11.3 Å². The fraction of sp³-hybridized carbons (Fsp3) is 0.615. The summed E-state index contributed by atoms with van der Waals surface area (Å²) in [5.74, 6) is -0.671. The molecule has 1 aliphatic carbocycles. The molecule has 0 radical (unpaired) electrons. The van der Waals surface area contributed by atoms with E-state index in [1.54, 1.807) is 18.7 Å². The molecule has 11 heteroatoms. The van der Waals surface area contributed by atoms with Crippen molar-refractivity contribution in [3.05, 3.63) is 28.5 Å². The van der Waals surface area contributed by atoms with Crippen LogP contribution in [0.5, 0.6) is 0 Å². The number of aliphatic hydroxyl groups is 1. The van der Waals surface area contributed by atoms with Crippen molar-refractivity contribution >= 4 is 29.0 Å². The fourth-order valence-corrected chi connectivity index (χ4v) is 4.68. The van der Waals surface area contributed by atoms with Gasteiger partial charge in [-0.15, -0.1) is 11.3 Å². The van der Waals surface area contributed by atoms with Crippen LogP contribution < -0.4 is 10.6 Å². The lowest BCUT2D eigenvalue weighted by molar-refractivity contribution is 0.0692. The summed E-state index contributed by atoms with van der Waals surface area (Å²) < 4.78 is 28.1. The number of amides is 2. The van der Waals surface area contributed by atoms with Crippen molar-refractivity contribution in [1.82, 2.24) is 20.2 Å². The van der Waals surface area contributed by atoms with Crippen molar-refractivity contribution in [1.29, 1.82) is 0 Å². The molecule has 2 aromatic heterocycles. The summed E-state index contributed by atoms with van der Waals surface area (Å²) in [5.41, 5.74) is -1.39. The van der Waals surface area contributed by atoms with Crippen LogP contribution in [0.2, 0.25) is 0 Å². The average Bonchev–Trinajstić information content (AvgIpc) is 3.57. The molecule has 2 aromatic rings. The van der Waals surface area contributed by atoms with Crippen molar-refractivity contribution in [3.8, 4) is 10.4 Å². The van der Waals surface area contributed by atoms with Crippen molar-refractivity contribution in [2.45, 2.75) is 84.3 Å². The highest BCUT2D eigenvalue weighted by Crippen LogP contribution is 2.38. The summed E-state index contributed by atoms with van der Waals surface area (Å²) >= 11 is 0.869. The summed E-state index contributed by atoms with van der Waals surface area (Å²) in [4.78, 5) is 36.5. The number of rotatable bonds is 9. The van der Waals surface area contributed by atoms with Crippen LogP contribution in [-0.4, -0.2) is 63.1 Å². The SMILES string of the molecule is C1CC1.CCCNc1cc(C(F)F)c(-c2sc(C(=O)NCC(C)(C)O)nc2C(=O)N2CCCC2C)cn1. The minimum Gasteiger partial charge on any atom is -0.389 e. The molecule has 1 saturated heterocycles. The van der Waals surface area contributed by atoms with Gasteiger partial charge in [0.2, 0.25) is 0 Å². The van der Waals surface area contributed by atoms with Gasteiger partial charge in [-0.25, -0.2) is 18.7 Å². The molecule has 204 valence electrons. The lowest BCUT2D eigenvalue weighted by Gasteiger charge is -2.21. The van der Waals surface area contributed by atoms with Gasteiger partial charge in [0, 0.05) is 43.0 Å². The third-order valence-corrected chi connectivity index (χ3v) is 6.93. The van der Waals surface area contributed by atoms with E-state index >= 15 is 0 Å². The molecular formula is C26H37F2N5O3S. The number of likely N-dealkylation sites (tertiary alicyclic amines) is 1. The van der Waals surface area contributed by atoms with Gasteiger partial charge in [0.1, 0.15) is 11.5 Å². The van der Waals surface area contributed by atoms with E-state index in [0.29, 0.717) is 18.9 Å². The second-order valence-electron chi connectivity index (χ2n) is 10.1. The third kappa shape index (κ3) is 8.16. The van der Waals surface area contributed by atoms with E-state index < -0.39 is 23.8 Å². The summed E-state index contributed by atoms with van der Waals surface area (Å²) in [6.45, 7) is 8.05. The molecule has 0 spiro atoms. The molecule has 37 heavy (non-hydrogen) atoms. The van der Waals surface area contributed by atoms with Gasteiger partial charge in [-0.2, -0.15) is 0 Å². The molecular weight excluding hydrogens is 500 g/mol. The Kier molecular flexibility index (Phi) is 9.94. The first-order valence-corrected chi connectivity index (χ1v) is 13.7. The monoisotopic (exact) mass is 537 g/mol. The Bertz CT molecular complexity index is 1080. The largest absolute Gasteiger partial charge is 0.389 e. The predicted octanol–water partition coefficient (Wildman–Crippen LogP) is 5.26. The van der Waals surface area contributed by atoms with Gasteiger partial charge in [0.25, 0.3) is 18.2 Å². The van der Waals surface area contributed by atoms with E-state index in [2.05, 4.69) is 20.6 Å². The van der Waals surface area contributed by atoms with Gasteiger partial charge in [-0.05, 0) is 46.1 Å². The Morgan fingerprint density at radius 3 is 2.51 bits per heavy atom. The molecule has 2 aliphatic rings. The molecule has 8 nitrogen and oxygen atoms in total. The van der Waals surface area contributed by atoms with Gasteiger partial charge < -0.3 is 20.6 Å². The first-order chi connectivity index (χ1) is 17.5. The number of pyridine rings is 1. The molecule has 2 amide bonds. The zero-order chi connectivity index (χ0) is 27.2. The van der Waals surface area contributed by atoms with Gasteiger partial charge in [0.05, 0.1) is 10.5 Å². The van der Waals surface area contributed by atoms with Crippen molar-refractivity contribution in [3.63, 3.8) is 0 Å². The van der Waals surface area contributed by atoms with E-state index in [4.69, 9.17) is 0 Å². The van der Waals surface area contributed by atoms with Crippen molar-refractivity contribution in [2.24, 2.45) is 0 Å². The molecule has 2 fully saturated rings. The number of alkyl halides is 2. The van der Waals surface area contributed by atoms with Gasteiger partial charge in [-0.3, -0.25) is 9.59 Å². The number of nitrogens with one attached hydrogen (secondary N) is 2. The van der Waals surface area contributed by atoms with E-state index in [0.717, 1.165) is 30.6 Å². The second-order valence-corrected chi connectivity index (χ2v) is 11.1. The molecule has 0 aromatic carbocycles. The fourth-order valence-electron chi connectivity index (χ4n) is 3.68. The van der Waals surface area contributed by atoms with Crippen LogP contribution in [0.1, 0.15) is 98.5 Å². The number of hydrogen-bond acceptors (Lipinski definition) is 7. The predicted molar refractivity (Wildman–Crippen MR) is 141 cm³/mol. The maximum atomic E-state index is 14.1. The zero-order valence-electron chi connectivity index (χ0n) is 21.9. The van der Waals surface area contributed by atoms with Crippen LogP contribution in [0.25, 0.3) is 10.4 Å². The van der Waals surface area contributed by atoms with Crippen LogP contribution in [0.4, 0.5) is 14.6 Å². The molecule has 0 bridgehead atoms. The summed E-state index contributed by atoms with van der Waals surface area (Å²) in [6, 6.07) is 1.26. The van der Waals surface area contributed by atoms with E-state index in [9.17, 15) is 23.5 Å². The first-order valence-electron chi connectivity index (χ1n) is 12.9. The molecule has 3 heterocycles. The quantitative estimate of drug-likeness (QED) is 0.403. The standard InChI is InChI=1S/C23H31F2N5O3S.C3H6/c1-5-8-26-16-10-14(19(24)25)15(11-27-16)18-17(22(32)30-9-6-7-13(30)2)29-21(34-18)20(31)28-12-23(3,4)33;1-2-3-1/h10-11,13,19,33H,5-9,12H2,1-4H3,(H,26,27)(H,28,31);1-3H2. The highest BCUT2D eigenvalue weighted by Gasteiger charge is 2.33. The number of aromatic nitrogens is 2. The Hall–Kier alpha value is -2.66. The maximum Gasteiger partial charge on any atom is 0.280 e. The zero-order valence-corrected chi connectivity index (χ0v) is 22.8. The number of hydrogen-bond donors (Lipinski definition) is 3. The van der Waals surface area contributed by atoms with Crippen LogP contribution in [0, 0.1) is 0 Å². The number of nitrogens with zero attached hydrogens (tertiary/aromatic N) is 3. The smallest absolute Gasteiger partial charge is 0.280 e. The minimum atomic E-state index is -2.82. The number of carbonyl (C=O) groups excluding carboxylic acids is 2. The lowest BCUT2D eigenvalue weighted by Crippen LogP contribution is -2.38. The lowest BCUT2D eigenvalue weighted by atomic mass is 10.1. The summed E-state index contributed by atoms with van der Waals surface area (Å²) in [6.07, 6.45) is 5.47. The normalized spacial score (nSPS) is 16.9. The first kappa shape index (κ1) is 28.9. The third-order valence-electron chi connectivity index (χ3n) is 5.84. The number of thiazole rings is 1. The van der Waals surface area contributed by atoms with E-state index in [1.807, 2.05) is 13.8 Å². The van der Waals surface area contributed by atoms with Crippen LogP contribution in [0.3, 0.4) is 0 Å². The Morgan fingerprint density at radius 1 is 1.27 bits per heavy atom. The van der Waals surface area contributed by atoms with E-state index in [1.165, 1.54) is 31.5 Å². The Labute approximate surface area is 220 Å². The van der Waals surface area contributed by atoms with Gasteiger partial charge in [0.15, 0.2) is 5.01 Å². The molecule has 1 atom stereocenters. The van der Waals surface area contributed by atoms with E-state index in [-0.39, 0.29) is 39.3 Å². The number of halogens is 2. The summed E-state index contributed by atoms with van der Waals surface area (Å²) in [7, 11) is 0. The molecule has 3 N–H and O–H groups in total. The summed E-state index contributed by atoms with van der Waals surface area (Å²) in [5, 5.41) is 15.4. The van der Waals surface area contributed by atoms with Gasteiger partial charge in [-0.1, -0.05) is 26.2 Å². The van der Waals surface area contributed by atoms with Gasteiger partial charge >= 0.3 is 0 Å². The molecule has 1 saturated carbocycles. The number of anilines is 1. The van der Waals surface area contributed by atoms with Crippen LogP contribution in [0.15, 0.2) is 12.3 Å². The Morgan fingerprint density at radius 2 is 1.97 bits per heavy atom. The van der Waals surface area contributed by atoms with Crippen LogP contribution in [-0.2, 0) is 0 Å². The molecule has 1 aliphatic heterocycles. The van der Waals surface area contributed by atoms with Crippen molar-refractivity contribution < 1.29 is 23.5 Å². The average molecular weight is 538 g/mol. The second kappa shape index (κ2) is 12.7. The highest BCUT2D eigenvalue weighted by atomic mass is 32.1. The number of carbonyl (C=O) groups is 2. The highest BCUT2D eigenvalue weighted by molar-refractivity contribution is 7.17. The molecule has 1 unspecified atom stereocenters. The Balaban J connectivity index is 0.00000118. The van der Waals surface area contributed by atoms with Crippen molar-refractivity contribution in [2.75, 3.05) is 25.0 Å². The molecule has 4 rings (SSSR count). The topological polar surface area (TPSA) is 107 Å². The maximum absolute atomic E-state index is 14.1.